The number of halogens is 1. The number of rotatable bonds is 3. The van der Waals surface area contributed by atoms with Crippen LogP contribution in [-0.4, -0.2) is 33.0 Å². The standard InChI is InChI=1S/C13H18INO3/c1-8(16)10-4-2-9(3-5-10)7-15-12(17)6-11(14)13(15)18/h9-11H,2-7H2,1H3/t9?,10?,11-/m1/s1. The van der Waals surface area contributed by atoms with Crippen molar-refractivity contribution in [3.8, 4) is 0 Å². The first-order valence-corrected chi connectivity index (χ1v) is 7.72. The van der Waals surface area contributed by atoms with Crippen molar-refractivity contribution in [3.63, 3.8) is 0 Å². The molecule has 1 heterocycles. The SMILES string of the molecule is CC(=O)C1CCC(CN2C(=O)C[C@@H](I)C2=O)CC1. The minimum absolute atomic E-state index is 0.0331. The molecule has 0 bridgehead atoms. The van der Waals surface area contributed by atoms with Crippen LogP contribution < -0.4 is 0 Å². The van der Waals surface area contributed by atoms with Crippen molar-refractivity contribution in [1.82, 2.24) is 4.90 Å². The predicted octanol–water partition coefficient (Wildman–Crippen LogP) is 1.94. The zero-order valence-electron chi connectivity index (χ0n) is 10.5. The third kappa shape index (κ3) is 2.92. The van der Waals surface area contributed by atoms with Gasteiger partial charge in [-0.15, -0.1) is 0 Å². The summed E-state index contributed by atoms with van der Waals surface area (Å²) in [5.41, 5.74) is 0. The van der Waals surface area contributed by atoms with Gasteiger partial charge in [-0.25, -0.2) is 0 Å². The maximum absolute atomic E-state index is 11.8. The summed E-state index contributed by atoms with van der Waals surface area (Å²) in [6.45, 7) is 2.21. The highest BCUT2D eigenvalue weighted by atomic mass is 127. The van der Waals surface area contributed by atoms with Crippen LogP contribution in [0.4, 0.5) is 0 Å². The number of ketones is 1. The Hall–Kier alpha value is -0.460. The summed E-state index contributed by atoms with van der Waals surface area (Å²) in [5, 5.41) is 0. The minimum atomic E-state index is -0.177. The van der Waals surface area contributed by atoms with E-state index in [1.54, 1.807) is 6.92 Å². The number of likely N-dealkylation sites (tertiary alicyclic amines) is 1. The van der Waals surface area contributed by atoms with Gasteiger partial charge in [0, 0.05) is 18.9 Å². The van der Waals surface area contributed by atoms with Crippen molar-refractivity contribution in [1.29, 1.82) is 0 Å². The van der Waals surface area contributed by atoms with Crippen molar-refractivity contribution < 1.29 is 14.4 Å². The van der Waals surface area contributed by atoms with Crippen LogP contribution in [0.15, 0.2) is 0 Å². The topological polar surface area (TPSA) is 54.5 Å². The van der Waals surface area contributed by atoms with Gasteiger partial charge in [-0.3, -0.25) is 19.3 Å². The van der Waals surface area contributed by atoms with E-state index >= 15 is 0 Å². The number of hydrogen-bond donors (Lipinski definition) is 0. The summed E-state index contributed by atoms with van der Waals surface area (Å²) in [6.07, 6.45) is 4.07. The Balaban J connectivity index is 1.87. The van der Waals surface area contributed by atoms with E-state index in [4.69, 9.17) is 0 Å². The number of nitrogens with zero attached hydrogens (tertiary/aromatic N) is 1. The Kier molecular flexibility index (Phi) is 4.40. The number of carbonyl (C=O) groups excluding carboxylic acids is 3. The fourth-order valence-corrected chi connectivity index (χ4v) is 3.56. The fourth-order valence-electron chi connectivity index (χ4n) is 2.84. The monoisotopic (exact) mass is 363 g/mol. The Morgan fingerprint density at radius 3 is 2.33 bits per heavy atom. The van der Waals surface area contributed by atoms with Gasteiger partial charge in [0.2, 0.25) is 11.8 Å². The van der Waals surface area contributed by atoms with E-state index in [0.29, 0.717) is 18.9 Å². The van der Waals surface area contributed by atoms with Crippen LogP contribution in [0.5, 0.6) is 0 Å². The first-order valence-electron chi connectivity index (χ1n) is 6.47. The van der Waals surface area contributed by atoms with E-state index in [-0.39, 0.29) is 27.4 Å². The van der Waals surface area contributed by atoms with E-state index < -0.39 is 0 Å². The number of amides is 2. The Labute approximate surface area is 121 Å². The molecule has 0 radical (unpaired) electrons. The van der Waals surface area contributed by atoms with E-state index in [9.17, 15) is 14.4 Å². The van der Waals surface area contributed by atoms with Crippen LogP contribution in [0, 0.1) is 11.8 Å². The Bertz CT molecular complexity index is 374. The molecule has 5 heteroatoms. The van der Waals surface area contributed by atoms with Gasteiger partial charge < -0.3 is 0 Å². The second-order valence-electron chi connectivity index (χ2n) is 5.34. The van der Waals surface area contributed by atoms with E-state index in [1.807, 2.05) is 22.6 Å². The van der Waals surface area contributed by atoms with Gasteiger partial charge in [0.1, 0.15) is 5.78 Å². The maximum Gasteiger partial charge on any atom is 0.242 e. The number of carbonyl (C=O) groups is 3. The summed E-state index contributed by atoms with van der Waals surface area (Å²) in [6, 6.07) is 0. The molecule has 0 spiro atoms. The predicted molar refractivity (Wildman–Crippen MR) is 75.3 cm³/mol. The molecule has 1 saturated carbocycles. The quantitative estimate of drug-likeness (QED) is 0.438. The van der Waals surface area contributed by atoms with Gasteiger partial charge in [0.15, 0.2) is 0 Å². The molecule has 100 valence electrons. The van der Waals surface area contributed by atoms with Gasteiger partial charge in [-0.1, -0.05) is 22.6 Å². The van der Waals surface area contributed by atoms with E-state index in [0.717, 1.165) is 25.7 Å². The molecule has 1 aliphatic carbocycles. The largest absolute Gasteiger partial charge is 0.300 e. The third-order valence-electron chi connectivity index (χ3n) is 4.05. The highest BCUT2D eigenvalue weighted by Gasteiger charge is 2.38. The van der Waals surface area contributed by atoms with Gasteiger partial charge >= 0.3 is 0 Å². The zero-order valence-corrected chi connectivity index (χ0v) is 12.7. The Morgan fingerprint density at radius 2 is 1.89 bits per heavy atom. The van der Waals surface area contributed by atoms with Crippen molar-refractivity contribution in [2.45, 2.75) is 43.0 Å². The summed E-state index contributed by atoms with van der Waals surface area (Å²) in [4.78, 5) is 36.2. The molecule has 4 nitrogen and oxygen atoms in total. The number of hydrogen-bond acceptors (Lipinski definition) is 3. The summed E-state index contributed by atoms with van der Waals surface area (Å²) < 4.78 is -0.177. The average Bonchev–Trinajstić information content (AvgIpc) is 2.57. The second kappa shape index (κ2) is 5.67. The zero-order chi connectivity index (χ0) is 13.3. The van der Waals surface area contributed by atoms with Crippen molar-refractivity contribution in [2.24, 2.45) is 11.8 Å². The molecular formula is C13H18INO3. The van der Waals surface area contributed by atoms with Crippen LogP contribution in [0.25, 0.3) is 0 Å². The smallest absolute Gasteiger partial charge is 0.242 e. The molecule has 18 heavy (non-hydrogen) atoms. The lowest BCUT2D eigenvalue weighted by Gasteiger charge is -2.29. The molecule has 0 unspecified atom stereocenters. The lowest BCUT2D eigenvalue weighted by Crippen LogP contribution is -2.37. The molecule has 0 aromatic carbocycles. The van der Waals surface area contributed by atoms with Gasteiger partial charge in [0.05, 0.1) is 3.92 Å². The van der Waals surface area contributed by atoms with Crippen LogP contribution in [0.1, 0.15) is 39.0 Å². The lowest BCUT2D eigenvalue weighted by molar-refractivity contribution is -0.139. The van der Waals surface area contributed by atoms with Crippen molar-refractivity contribution in [2.75, 3.05) is 6.54 Å². The van der Waals surface area contributed by atoms with Crippen LogP contribution in [-0.2, 0) is 14.4 Å². The molecule has 1 atom stereocenters. The molecular weight excluding hydrogens is 345 g/mol. The molecule has 2 fully saturated rings. The number of alkyl halides is 1. The second-order valence-corrected chi connectivity index (χ2v) is 6.85. The van der Waals surface area contributed by atoms with E-state index in [1.165, 1.54) is 4.90 Å². The van der Waals surface area contributed by atoms with Crippen molar-refractivity contribution >= 4 is 40.2 Å². The molecule has 0 aromatic rings. The molecule has 0 N–H and O–H groups in total. The highest BCUT2D eigenvalue weighted by Crippen LogP contribution is 2.31. The normalized spacial score (nSPS) is 33.0. The lowest BCUT2D eigenvalue weighted by atomic mass is 9.80. The molecule has 1 aliphatic heterocycles. The summed E-state index contributed by atoms with van der Waals surface area (Å²) in [7, 11) is 0. The first kappa shape index (κ1) is 14.0. The van der Waals surface area contributed by atoms with E-state index in [2.05, 4.69) is 0 Å². The summed E-state index contributed by atoms with van der Waals surface area (Å²) >= 11 is 2.04. The first-order chi connectivity index (χ1) is 8.49. The Morgan fingerprint density at radius 1 is 1.28 bits per heavy atom. The fraction of sp³-hybridized carbons (Fsp3) is 0.769. The number of imide groups is 1. The third-order valence-corrected chi connectivity index (χ3v) is 5.02. The maximum atomic E-state index is 11.8. The average molecular weight is 363 g/mol. The molecule has 2 aliphatic rings. The highest BCUT2D eigenvalue weighted by molar-refractivity contribution is 14.1. The minimum Gasteiger partial charge on any atom is -0.300 e. The van der Waals surface area contributed by atoms with Crippen LogP contribution >= 0.6 is 22.6 Å². The van der Waals surface area contributed by atoms with Crippen LogP contribution in [0.2, 0.25) is 0 Å². The molecule has 2 rings (SSSR count). The van der Waals surface area contributed by atoms with Gasteiger partial charge in [-0.2, -0.15) is 0 Å². The van der Waals surface area contributed by atoms with Crippen molar-refractivity contribution in [3.05, 3.63) is 0 Å². The van der Waals surface area contributed by atoms with Crippen LogP contribution in [0.3, 0.4) is 0 Å². The molecule has 0 aromatic heterocycles. The van der Waals surface area contributed by atoms with Gasteiger partial charge in [0.25, 0.3) is 0 Å². The van der Waals surface area contributed by atoms with Gasteiger partial charge in [-0.05, 0) is 38.5 Å². The molecule has 1 saturated heterocycles. The molecule has 2 amide bonds. The summed E-state index contributed by atoms with van der Waals surface area (Å²) in [5.74, 6) is 0.787. The number of Topliss-reactive ketones (excluding diaryl/α,β-unsaturated/α-hetero) is 1.